The van der Waals surface area contributed by atoms with Gasteiger partial charge < -0.3 is 15.2 Å². The van der Waals surface area contributed by atoms with Gasteiger partial charge in [0.15, 0.2) is 5.82 Å². The van der Waals surface area contributed by atoms with E-state index in [1.54, 1.807) is 0 Å². The van der Waals surface area contributed by atoms with E-state index in [2.05, 4.69) is 20.0 Å². The van der Waals surface area contributed by atoms with Crippen LogP contribution < -0.4 is 30.8 Å². The second-order valence-electron chi connectivity index (χ2n) is 6.64. The van der Waals surface area contributed by atoms with Gasteiger partial charge in [-0.1, -0.05) is 0 Å². The Morgan fingerprint density at radius 1 is 1.03 bits per heavy atom. The summed E-state index contributed by atoms with van der Waals surface area (Å²) in [7, 11) is -1.47. The molecule has 0 radical (unpaired) electrons. The lowest BCUT2D eigenvalue weighted by atomic mass is 10.1. The summed E-state index contributed by atoms with van der Waals surface area (Å²) in [5.41, 5.74) is 5.27. The fourth-order valence-electron chi connectivity index (χ4n) is 3.27. The number of carbonyl (C=O) groups excluding carboxylic acids is 2. The Morgan fingerprint density at radius 2 is 1.73 bits per heavy atom. The van der Waals surface area contributed by atoms with Gasteiger partial charge in [-0.05, 0) is 24.3 Å². The molecular weight excluding hydrogens is 456 g/mol. The highest BCUT2D eigenvalue weighted by Crippen LogP contribution is 2.32. The fourth-order valence-corrected chi connectivity index (χ4v) is 4.28. The molecule has 3 heterocycles. The van der Waals surface area contributed by atoms with Gasteiger partial charge >= 0.3 is 0 Å². The van der Waals surface area contributed by atoms with Crippen LogP contribution in [-0.2, 0) is 10.0 Å². The fraction of sp³-hybridized carbons (Fsp3) is 0.105. The van der Waals surface area contributed by atoms with Crippen LogP contribution in [-0.4, -0.2) is 49.0 Å². The zero-order valence-electron chi connectivity index (χ0n) is 17.1. The third kappa shape index (κ3) is 3.61. The first kappa shape index (κ1) is 21.8. The van der Waals surface area contributed by atoms with Crippen LogP contribution in [0.4, 0.5) is 11.6 Å². The molecule has 1 aliphatic heterocycles. The highest BCUT2D eigenvalue weighted by Gasteiger charge is 2.32. The number of nitrogen functional groups attached to an aromatic ring is 1. The molecule has 0 bridgehead atoms. The van der Waals surface area contributed by atoms with E-state index >= 15 is 0 Å². The number of rotatable bonds is 6. The number of aromatic nitrogens is 3. The molecule has 1 aliphatic rings. The average molecular weight is 472 g/mol. The van der Waals surface area contributed by atoms with Crippen LogP contribution in [0.2, 0.25) is 0 Å². The number of hydrogen-bond acceptors (Lipinski definition) is 10. The summed E-state index contributed by atoms with van der Waals surface area (Å²) in [5.74, 6) is -1.79. The van der Waals surface area contributed by atoms with Gasteiger partial charge in [0.25, 0.3) is 33.3 Å². The maximum Gasteiger partial charge on any atom is 0.263 e. The van der Waals surface area contributed by atoms with Gasteiger partial charge in [-0.2, -0.15) is 4.98 Å². The van der Waals surface area contributed by atoms with Crippen LogP contribution >= 0.6 is 0 Å². The van der Waals surface area contributed by atoms with Crippen LogP contribution in [0.3, 0.4) is 0 Å². The van der Waals surface area contributed by atoms with Gasteiger partial charge in [-0.15, -0.1) is 0 Å². The van der Waals surface area contributed by atoms with Crippen molar-refractivity contribution in [2.75, 3.05) is 24.7 Å². The summed E-state index contributed by atoms with van der Waals surface area (Å²) in [6, 6.07) is 6.10. The van der Waals surface area contributed by atoms with Gasteiger partial charge in [0, 0.05) is 6.07 Å². The number of methoxy groups -OCH3 is 2. The van der Waals surface area contributed by atoms with Gasteiger partial charge in [0.05, 0.1) is 35.9 Å². The number of pyridine rings is 1. The number of fused-ring (bicyclic) bond motifs is 1. The number of carbonyl (C=O) groups is 2. The van der Waals surface area contributed by atoms with Gasteiger partial charge in [0.1, 0.15) is 12.1 Å². The molecule has 4 N–H and O–H groups in total. The Kier molecular flexibility index (Phi) is 5.21. The largest absolute Gasteiger partial charge is 0.489 e. The van der Waals surface area contributed by atoms with Crippen molar-refractivity contribution in [3.05, 3.63) is 58.1 Å². The summed E-state index contributed by atoms with van der Waals surface area (Å²) in [6.45, 7) is 0. The molecule has 0 saturated heterocycles. The van der Waals surface area contributed by atoms with Crippen molar-refractivity contribution >= 4 is 33.5 Å². The Morgan fingerprint density at radius 3 is 2.36 bits per heavy atom. The molecule has 0 saturated carbocycles. The number of anilines is 2. The topological polar surface area (TPSA) is 185 Å². The molecule has 2 amide bonds. The molecule has 33 heavy (non-hydrogen) atoms. The SMILES string of the molecule is COc1ncnc(NS(=O)(=O)c2ccc(-n3c(N)c4c(cc3=O)C(=O)NC4=O)cc2)c1OC. The number of imide groups is 1. The van der Waals surface area contributed by atoms with Crippen LogP contribution in [0.5, 0.6) is 11.6 Å². The summed E-state index contributed by atoms with van der Waals surface area (Å²) in [5, 5.41) is 2.07. The Labute approximate surface area is 186 Å². The Balaban J connectivity index is 1.70. The molecule has 170 valence electrons. The summed E-state index contributed by atoms with van der Waals surface area (Å²) >= 11 is 0. The van der Waals surface area contributed by atoms with Crippen LogP contribution in [0.25, 0.3) is 5.69 Å². The van der Waals surface area contributed by atoms with Crippen molar-refractivity contribution in [3.63, 3.8) is 0 Å². The van der Waals surface area contributed by atoms with E-state index in [-0.39, 0.29) is 45.0 Å². The monoisotopic (exact) mass is 472 g/mol. The third-order valence-corrected chi connectivity index (χ3v) is 6.11. The van der Waals surface area contributed by atoms with E-state index in [4.69, 9.17) is 15.2 Å². The second-order valence-corrected chi connectivity index (χ2v) is 8.32. The molecule has 1 aromatic carbocycles. The normalized spacial score (nSPS) is 12.8. The summed E-state index contributed by atoms with van der Waals surface area (Å²) in [6.07, 6.45) is 1.10. The quantitative estimate of drug-likeness (QED) is 0.410. The number of nitrogens with zero attached hydrogens (tertiary/aromatic N) is 3. The minimum Gasteiger partial charge on any atom is -0.489 e. The lowest BCUT2D eigenvalue weighted by Gasteiger charge is -2.14. The smallest absolute Gasteiger partial charge is 0.263 e. The number of ether oxygens (including phenoxy) is 2. The van der Waals surface area contributed by atoms with Crippen molar-refractivity contribution in [3.8, 4) is 17.3 Å². The van der Waals surface area contributed by atoms with E-state index < -0.39 is 27.4 Å². The lowest BCUT2D eigenvalue weighted by Crippen LogP contribution is -2.24. The summed E-state index contributed by atoms with van der Waals surface area (Å²) < 4.78 is 39.1. The van der Waals surface area contributed by atoms with E-state index in [0.717, 1.165) is 17.0 Å². The van der Waals surface area contributed by atoms with Crippen molar-refractivity contribution in [2.24, 2.45) is 0 Å². The maximum atomic E-state index is 12.8. The molecule has 13 nitrogen and oxygen atoms in total. The number of amides is 2. The third-order valence-electron chi connectivity index (χ3n) is 4.76. The average Bonchev–Trinajstić information content (AvgIpc) is 3.06. The van der Waals surface area contributed by atoms with Crippen molar-refractivity contribution in [2.45, 2.75) is 4.90 Å². The number of sulfonamides is 1. The van der Waals surface area contributed by atoms with E-state index in [0.29, 0.717) is 0 Å². The zero-order valence-corrected chi connectivity index (χ0v) is 18.0. The molecular formula is C19H16N6O7S. The minimum atomic E-state index is -4.12. The van der Waals surface area contributed by atoms with Crippen molar-refractivity contribution < 1.29 is 27.5 Å². The number of nitrogens with two attached hydrogens (primary N) is 1. The molecule has 0 unspecified atom stereocenters. The highest BCUT2D eigenvalue weighted by molar-refractivity contribution is 7.92. The standard InChI is InChI=1S/C19H16N6O7S/c1-31-14-16(21-8-22-19(14)32-2)24-33(29,30)10-5-3-9(4-6-10)25-12(26)7-11-13(15(25)20)18(28)23-17(11)27/h3-8H,20H2,1-2H3,(H,21,22,24)(H,23,27,28). The van der Waals surface area contributed by atoms with E-state index in [1.807, 2.05) is 0 Å². The van der Waals surface area contributed by atoms with Gasteiger partial charge in [-0.3, -0.25) is 29.0 Å². The molecule has 2 aromatic heterocycles. The first-order chi connectivity index (χ1) is 15.7. The van der Waals surface area contributed by atoms with E-state index in [1.165, 1.54) is 38.5 Å². The molecule has 0 spiro atoms. The summed E-state index contributed by atoms with van der Waals surface area (Å²) in [4.78, 5) is 43.9. The number of benzene rings is 1. The first-order valence-corrected chi connectivity index (χ1v) is 10.6. The predicted octanol–water partition coefficient (Wildman–Crippen LogP) is -0.0887. The van der Waals surface area contributed by atoms with Crippen LogP contribution in [0.1, 0.15) is 20.7 Å². The van der Waals surface area contributed by atoms with Crippen molar-refractivity contribution in [1.82, 2.24) is 19.9 Å². The molecule has 0 fully saturated rings. The first-order valence-electron chi connectivity index (χ1n) is 9.15. The number of hydrogen-bond donors (Lipinski definition) is 3. The maximum absolute atomic E-state index is 12.8. The van der Waals surface area contributed by atoms with Crippen LogP contribution in [0, 0.1) is 0 Å². The van der Waals surface area contributed by atoms with Crippen LogP contribution in [0.15, 0.2) is 46.3 Å². The molecule has 4 rings (SSSR count). The van der Waals surface area contributed by atoms with E-state index in [9.17, 15) is 22.8 Å². The molecule has 0 aliphatic carbocycles. The lowest BCUT2D eigenvalue weighted by molar-refractivity contribution is 0.0880. The highest BCUT2D eigenvalue weighted by atomic mass is 32.2. The van der Waals surface area contributed by atoms with Crippen molar-refractivity contribution in [1.29, 1.82) is 0 Å². The van der Waals surface area contributed by atoms with Gasteiger partial charge in [0.2, 0.25) is 5.75 Å². The number of nitrogens with one attached hydrogen (secondary N) is 2. The van der Waals surface area contributed by atoms with Gasteiger partial charge in [-0.25, -0.2) is 13.4 Å². The zero-order chi connectivity index (χ0) is 23.9. The molecule has 3 aromatic rings. The molecule has 0 atom stereocenters. The molecule has 14 heteroatoms. The second kappa shape index (κ2) is 7.90. The predicted molar refractivity (Wildman–Crippen MR) is 114 cm³/mol. The minimum absolute atomic E-state index is 0.00881. The Bertz CT molecular complexity index is 1470. The Hall–Kier alpha value is -4.46.